The fraction of sp³-hybridized carbons (Fsp3) is 0.273. The average Bonchev–Trinajstić information content (AvgIpc) is 3.43. The largest absolute Gasteiger partial charge is 0.485 e. The Morgan fingerprint density at radius 1 is 1.26 bits per heavy atom. The maximum Gasteiger partial charge on any atom is 0.239 e. The lowest BCUT2D eigenvalue weighted by molar-refractivity contribution is -0.115. The second-order valence-corrected chi connectivity index (χ2v) is 9.13. The quantitative estimate of drug-likeness (QED) is 0.382. The molecular formula is C22H23N5O2S2. The standard InChI is InChI=1S/C22H23N5O2S2/c1-4-27-19(13-29-18-10-9-16-7-5-6-8-17(16)14(18)2)25-26-22(27)31-15(3)20(28)24-21-23-11-12-30-21/h5-12,15H,4,13H2,1-3H3,(H,23,24,28)/t15-/m0/s1. The maximum absolute atomic E-state index is 12.4. The van der Waals surface area contributed by atoms with E-state index in [4.69, 9.17) is 4.74 Å². The van der Waals surface area contributed by atoms with Gasteiger partial charge < -0.3 is 14.6 Å². The lowest BCUT2D eigenvalue weighted by atomic mass is 10.0. The molecule has 0 aliphatic heterocycles. The van der Waals surface area contributed by atoms with Crippen LogP contribution in [0, 0.1) is 6.92 Å². The summed E-state index contributed by atoms with van der Waals surface area (Å²) in [6.07, 6.45) is 1.66. The van der Waals surface area contributed by atoms with Gasteiger partial charge in [-0.3, -0.25) is 4.79 Å². The molecule has 0 fully saturated rings. The molecule has 0 saturated carbocycles. The van der Waals surface area contributed by atoms with E-state index in [0.717, 1.165) is 17.1 Å². The highest BCUT2D eigenvalue weighted by Gasteiger charge is 2.20. The van der Waals surface area contributed by atoms with E-state index in [0.29, 0.717) is 23.4 Å². The Morgan fingerprint density at radius 3 is 2.87 bits per heavy atom. The van der Waals surface area contributed by atoms with Crippen LogP contribution in [0.1, 0.15) is 25.2 Å². The summed E-state index contributed by atoms with van der Waals surface area (Å²) >= 11 is 2.76. The van der Waals surface area contributed by atoms with Crippen molar-refractivity contribution >= 4 is 44.9 Å². The molecule has 1 amide bonds. The molecule has 0 aliphatic rings. The first-order valence-corrected chi connectivity index (χ1v) is 11.7. The Balaban J connectivity index is 1.44. The number of aromatic nitrogens is 4. The number of benzene rings is 2. The SMILES string of the molecule is CCn1c(COc2ccc3ccccc3c2C)nnc1S[C@@H](C)C(=O)Nc1nccs1. The Labute approximate surface area is 188 Å². The van der Waals surface area contributed by atoms with E-state index in [1.165, 1.54) is 33.9 Å². The van der Waals surface area contributed by atoms with Gasteiger partial charge in [0.1, 0.15) is 12.4 Å². The van der Waals surface area contributed by atoms with Gasteiger partial charge in [-0.2, -0.15) is 0 Å². The highest BCUT2D eigenvalue weighted by molar-refractivity contribution is 8.00. The Kier molecular flexibility index (Phi) is 6.53. The van der Waals surface area contributed by atoms with Gasteiger partial charge in [-0.15, -0.1) is 21.5 Å². The average molecular weight is 454 g/mol. The number of anilines is 1. The third kappa shape index (κ3) is 4.72. The molecule has 4 aromatic rings. The summed E-state index contributed by atoms with van der Waals surface area (Å²) in [6.45, 7) is 6.92. The maximum atomic E-state index is 12.4. The van der Waals surface area contributed by atoms with Gasteiger partial charge in [0, 0.05) is 18.1 Å². The Morgan fingerprint density at radius 2 is 2.10 bits per heavy atom. The van der Waals surface area contributed by atoms with Crippen LogP contribution in [0.25, 0.3) is 10.8 Å². The van der Waals surface area contributed by atoms with Crippen molar-refractivity contribution in [1.82, 2.24) is 19.7 Å². The monoisotopic (exact) mass is 453 g/mol. The van der Waals surface area contributed by atoms with Crippen molar-refractivity contribution in [2.24, 2.45) is 0 Å². The molecule has 0 aliphatic carbocycles. The number of carbonyl (C=O) groups is 1. The molecule has 2 aromatic carbocycles. The van der Waals surface area contributed by atoms with Crippen LogP contribution in [-0.2, 0) is 17.9 Å². The number of fused-ring (bicyclic) bond motifs is 1. The van der Waals surface area contributed by atoms with Gasteiger partial charge in [-0.25, -0.2) is 4.98 Å². The molecule has 0 spiro atoms. The normalized spacial score (nSPS) is 12.1. The molecule has 1 N–H and O–H groups in total. The zero-order valence-corrected chi connectivity index (χ0v) is 19.2. The van der Waals surface area contributed by atoms with Crippen molar-refractivity contribution in [1.29, 1.82) is 0 Å². The van der Waals surface area contributed by atoms with E-state index < -0.39 is 0 Å². The molecule has 1 atom stereocenters. The number of ether oxygens (including phenoxy) is 1. The summed E-state index contributed by atoms with van der Waals surface area (Å²) < 4.78 is 8.07. The molecule has 4 rings (SSSR count). The summed E-state index contributed by atoms with van der Waals surface area (Å²) in [5.41, 5.74) is 1.10. The number of thiazole rings is 1. The minimum Gasteiger partial charge on any atom is -0.485 e. The van der Waals surface area contributed by atoms with Crippen LogP contribution < -0.4 is 10.1 Å². The van der Waals surface area contributed by atoms with Gasteiger partial charge in [-0.1, -0.05) is 42.1 Å². The molecule has 2 aromatic heterocycles. The fourth-order valence-corrected chi connectivity index (χ4v) is 4.70. The van der Waals surface area contributed by atoms with Gasteiger partial charge in [0.2, 0.25) is 5.91 Å². The number of thioether (sulfide) groups is 1. The third-order valence-corrected chi connectivity index (χ3v) is 6.70. The van der Waals surface area contributed by atoms with Crippen LogP contribution >= 0.6 is 23.1 Å². The van der Waals surface area contributed by atoms with E-state index in [-0.39, 0.29) is 11.2 Å². The van der Waals surface area contributed by atoms with Gasteiger partial charge in [0.05, 0.1) is 5.25 Å². The second kappa shape index (κ2) is 9.49. The van der Waals surface area contributed by atoms with Crippen LogP contribution in [0.15, 0.2) is 53.1 Å². The predicted octanol–water partition coefficient (Wildman–Crippen LogP) is 4.91. The molecule has 0 unspecified atom stereocenters. The summed E-state index contributed by atoms with van der Waals surface area (Å²) in [7, 11) is 0. The molecule has 2 heterocycles. The van der Waals surface area contributed by atoms with Crippen molar-refractivity contribution in [2.45, 2.75) is 44.3 Å². The first-order chi connectivity index (χ1) is 15.1. The van der Waals surface area contributed by atoms with E-state index in [1.54, 1.807) is 6.20 Å². The third-order valence-electron chi connectivity index (χ3n) is 4.93. The smallest absolute Gasteiger partial charge is 0.239 e. The van der Waals surface area contributed by atoms with Crippen molar-refractivity contribution in [3.8, 4) is 5.75 Å². The van der Waals surface area contributed by atoms with Crippen LogP contribution in [0.4, 0.5) is 5.13 Å². The molecule has 0 bridgehead atoms. The molecular weight excluding hydrogens is 430 g/mol. The summed E-state index contributed by atoms with van der Waals surface area (Å²) in [5.74, 6) is 1.44. The van der Waals surface area contributed by atoms with Crippen LogP contribution in [0.2, 0.25) is 0 Å². The van der Waals surface area contributed by atoms with Gasteiger partial charge in [0.25, 0.3) is 0 Å². The summed E-state index contributed by atoms with van der Waals surface area (Å²) in [4.78, 5) is 16.5. The van der Waals surface area contributed by atoms with Crippen LogP contribution in [0.5, 0.6) is 5.75 Å². The summed E-state index contributed by atoms with van der Waals surface area (Å²) in [6, 6.07) is 12.3. The Bertz CT molecular complexity index is 1190. The zero-order valence-electron chi connectivity index (χ0n) is 17.5. The Hall–Kier alpha value is -2.91. The van der Waals surface area contributed by atoms with Crippen molar-refractivity contribution in [3.05, 3.63) is 59.4 Å². The van der Waals surface area contributed by atoms with Gasteiger partial charge in [0.15, 0.2) is 16.1 Å². The number of hydrogen-bond donors (Lipinski definition) is 1. The molecule has 9 heteroatoms. The van der Waals surface area contributed by atoms with E-state index in [9.17, 15) is 4.79 Å². The number of aryl methyl sites for hydroxylation is 1. The topological polar surface area (TPSA) is 81.9 Å². The van der Waals surface area contributed by atoms with Gasteiger partial charge >= 0.3 is 0 Å². The van der Waals surface area contributed by atoms with Crippen molar-refractivity contribution in [3.63, 3.8) is 0 Å². The number of amides is 1. The molecule has 0 radical (unpaired) electrons. The van der Waals surface area contributed by atoms with Crippen molar-refractivity contribution < 1.29 is 9.53 Å². The number of nitrogens with one attached hydrogen (secondary N) is 1. The first-order valence-electron chi connectivity index (χ1n) is 9.97. The van der Waals surface area contributed by atoms with Crippen LogP contribution in [-0.4, -0.2) is 30.9 Å². The number of nitrogens with zero attached hydrogens (tertiary/aromatic N) is 4. The summed E-state index contributed by atoms with van der Waals surface area (Å²) in [5, 5.41) is 16.6. The molecule has 160 valence electrons. The van der Waals surface area contributed by atoms with Gasteiger partial charge in [-0.05, 0) is 43.2 Å². The van der Waals surface area contributed by atoms with Crippen LogP contribution in [0.3, 0.4) is 0 Å². The molecule has 31 heavy (non-hydrogen) atoms. The second-order valence-electron chi connectivity index (χ2n) is 6.93. The molecule has 7 nitrogen and oxygen atoms in total. The van der Waals surface area contributed by atoms with E-state index >= 15 is 0 Å². The number of hydrogen-bond acceptors (Lipinski definition) is 7. The van der Waals surface area contributed by atoms with E-state index in [2.05, 4.69) is 45.6 Å². The highest BCUT2D eigenvalue weighted by atomic mass is 32.2. The fourth-order valence-electron chi connectivity index (χ4n) is 3.24. The lowest BCUT2D eigenvalue weighted by Crippen LogP contribution is -2.23. The number of carbonyl (C=O) groups excluding carboxylic acids is 1. The minimum absolute atomic E-state index is 0.116. The first kappa shape index (κ1) is 21.3. The molecule has 0 saturated heterocycles. The van der Waals surface area contributed by atoms with Crippen molar-refractivity contribution in [2.75, 3.05) is 5.32 Å². The minimum atomic E-state index is -0.338. The zero-order chi connectivity index (χ0) is 21.8. The highest BCUT2D eigenvalue weighted by Crippen LogP contribution is 2.28. The predicted molar refractivity (Wildman–Crippen MR) is 125 cm³/mol. The number of rotatable bonds is 8. The lowest BCUT2D eigenvalue weighted by Gasteiger charge is -2.13. The van der Waals surface area contributed by atoms with E-state index in [1.807, 2.05) is 42.0 Å².